The van der Waals surface area contributed by atoms with E-state index in [0.29, 0.717) is 38.1 Å². The van der Waals surface area contributed by atoms with Crippen LogP contribution >= 0.6 is 0 Å². The van der Waals surface area contributed by atoms with Gasteiger partial charge < -0.3 is 15.0 Å². The van der Waals surface area contributed by atoms with E-state index in [9.17, 15) is 22.8 Å². The summed E-state index contributed by atoms with van der Waals surface area (Å²) in [6.45, 7) is 1.48. The molecule has 0 radical (unpaired) electrons. The van der Waals surface area contributed by atoms with E-state index < -0.39 is 11.7 Å². The van der Waals surface area contributed by atoms with Gasteiger partial charge in [-0.1, -0.05) is 30.3 Å². The molecule has 1 N–H and O–H groups in total. The first-order valence-electron chi connectivity index (χ1n) is 10.2. The molecule has 5 nitrogen and oxygen atoms in total. The quantitative estimate of drug-likeness (QED) is 0.716. The summed E-state index contributed by atoms with van der Waals surface area (Å²) in [5.74, 6) is 0.372. The molecule has 0 spiro atoms. The van der Waals surface area contributed by atoms with Gasteiger partial charge in [-0.05, 0) is 42.7 Å². The Hall–Kier alpha value is -3.03. The molecule has 2 amide bonds. The van der Waals surface area contributed by atoms with Crippen LogP contribution in [0.15, 0.2) is 54.6 Å². The van der Waals surface area contributed by atoms with Gasteiger partial charge in [-0.15, -0.1) is 0 Å². The number of benzene rings is 2. The number of nitrogens with zero attached hydrogens (tertiary/aromatic N) is 1. The molecule has 31 heavy (non-hydrogen) atoms. The molecule has 2 aromatic rings. The first-order valence-corrected chi connectivity index (χ1v) is 10.2. The minimum absolute atomic E-state index is 0.000423. The van der Waals surface area contributed by atoms with Crippen LogP contribution in [0.1, 0.15) is 30.4 Å². The van der Waals surface area contributed by atoms with Crippen LogP contribution in [0.3, 0.4) is 0 Å². The zero-order valence-corrected chi connectivity index (χ0v) is 17.0. The second kappa shape index (κ2) is 10.3. The highest BCUT2D eigenvalue weighted by Gasteiger charge is 2.30. The molecule has 0 bridgehead atoms. The molecule has 0 saturated carbocycles. The monoisotopic (exact) mass is 434 g/mol. The van der Waals surface area contributed by atoms with Crippen LogP contribution in [0, 0.1) is 5.92 Å². The number of ether oxygens (including phenoxy) is 1. The van der Waals surface area contributed by atoms with Crippen molar-refractivity contribution < 1.29 is 27.5 Å². The van der Waals surface area contributed by atoms with Gasteiger partial charge in [0.2, 0.25) is 11.8 Å². The largest absolute Gasteiger partial charge is 0.493 e. The van der Waals surface area contributed by atoms with Gasteiger partial charge in [0.25, 0.3) is 0 Å². The maximum atomic E-state index is 12.6. The lowest BCUT2D eigenvalue weighted by Gasteiger charge is -2.31. The van der Waals surface area contributed by atoms with Crippen LogP contribution in [0.5, 0.6) is 5.75 Å². The maximum Gasteiger partial charge on any atom is 0.416 e. The van der Waals surface area contributed by atoms with Gasteiger partial charge in [-0.25, -0.2) is 0 Å². The molecule has 3 rings (SSSR count). The lowest BCUT2D eigenvalue weighted by molar-refractivity contribution is -0.137. The Kier molecular flexibility index (Phi) is 7.55. The van der Waals surface area contributed by atoms with E-state index in [1.807, 2.05) is 30.3 Å². The van der Waals surface area contributed by atoms with Gasteiger partial charge in [0, 0.05) is 25.6 Å². The van der Waals surface area contributed by atoms with E-state index in [2.05, 4.69) is 5.32 Å². The second-order valence-electron chi connectivity index (χ2n) is 7.48. The first kappa shape index (κ1) is 22.7. The fourth-order valence-corrected chi connectivity index (χ4v) is 3.47. The van der Waals surface area contributed by atoms with Crippen molar-refractivity contribution in [3.63, 3.8) is 0 Å². The Balaban J connectivity index is 1.36. The maximum absolute atomic E-state index is 12.6. The SMILES string of the molecule is O=C(NCc1ccc(C(F)(F)F)cc1)C1CCN(C(=O)CCOc2ccccc2)CC1. The standard InChI is InChI=1S/C23H25F3N2O3/c24-23(25,26)19-8-6-17(7-9-19)16-27-22(30)18-10-13-28(14-11-18)21(29)12-15-31-20-4-2-1-3-5-20/h1-9,18H,10-16H2,(H,27,30). The molecule has 1 aliphatic heterocycles. The van der Waals surface area contributed by atoms with Gasteiger partial charge >= 0.3 is 6.18 Å². The average molecular weight is 434 g/mol. The Bertz CT molecular complexity index is 862. The molecule has 1 aliphatic rings. The van der Waals surface area contributed by atoms with E-state index in [0.717, 1.165) is 17.9 Å². The topological polar surface area (TPSA) is 58.6 Å². The van der Waals surface area contributed by atoms with Crippen molar-refractivity contribution in [2.45, 2.75) is 32.0 Å². The smallest absolute Gasteiger partial charge is 0.416 e. The summed E-state index contributed by atoms with van der Waals surface area (Å²) in [4.78, 5) is 26.5. The van der Waals surface area contributed by atoms with E-state index >= 15 is 0 Å². The molecule has 0 atom stereocenters. The summed E-state index contributed by atoms with van der Waals surface area (Å²) < 4.78 is 43.4. The van der Waals surface area contributed by atoms with Crippen molar-refractivity contribution in [1.29, 1.82) is 0 Å². The molecule has 1 heterocycles. The predicted molar refractivity (Wildman–Crippen MR) is 109 cm³/mol. The number of hydrogen-bond donors (Lipinski definition) is 1. The number of nitrogens with one attached hydrogen (secondary N) is 1. The molecule has 1 saturated heterocycles. The second-order valence-corrected chi connectivity index (χ2v) is 7.48. The molecule has 8 heteroatoms. The van der Waals surface area contributed by atoms with Crippen LogP contribution < -0.4 is 10.1 Å². The minimum Gasteiger partial charge on any atom is -0.493 e. The van der Waals surface area contributed by atoms with Gasteiger partial charge in [-0.2, -0.15) is 13.2 Å². The molecular weight excluding hydrogens is 409 g/mol. The van der Waals surface area contributed by atoms with Gasteiger partial charge in [0.15, 0.2) is 0 Å². The fourth-order valence-electron chi connectivity index (χ4n) is 3.47. The zero-order valence-electron chi connectivity index (χ0n) is 17.0. The third kappa shape index (κ3) is 6.73. The lowest BCUT2D eigenvalue weighted by atomic mass is 9.95. The van der Waals surface area contributed by atoms with Crippen molar-refractivity contribution in [2.24, 2.45) is 5.92 Å². The minimum atomic E-state index is -4.37. The molecule has 0 aromatic heterocycles. The van der Waals surface area contributed by atoms with Crippen molar-refractivity contribution in [3.05, 3.63) is 65.7 Å². The lowest BCUT2D eigenvalue weighted by Crippen LogP contribution is -2.43. The fraction of sp³-hybridized carbons (Fsp3) is 0.391. The first-order chi connectivity index (χ1) is 14.8. The van der Waals surface area contributed by atoms with Crippen LogP contribution in [-0.2, 0) is 22.3 Å². The Labute approximate surface area is 179 Å². The highest BCUT2D eigenvalue weighted by molar-refractivity contribution is 5.80. The number of carbonyl (C=O) groups excluding carboxylic acids is 2. The van der Waals surface area contributed by atoms with Gasteiger partial charge in [0.05, 0.1) is 18.6 Å². The zero-order chi connectivity index (χ0) is 22.3. The van der Waals surface area contributed by atoms with Crippen LogP contribution in [0.2, 0.25) is 0 Å². The Morgan fingerprint density at radius 2 is 1.65 bits per heavy atom. The van der Waals surface area contributed by atoms with E-state index in [1.165, 1.54) is 12.1 Å². The van der Waals surface area contributed by atoms with Crippen molar-refractivity contribution in [2.75, 3.05) is 19.7 Å². The van der Waals surface area contributed by atoms with Crippen LogP contribution in [-0.4, -0.2) is 36.4 Å². The molecule has 1 fully saturated rings. The van der Waals surface area contributed by atoms with E-state index in [4.69, 9.17) is 4.74 Å². The number of carbonyl (C=O) groups is 2. The molecule has 2 aromatic carbocycles. The summed E-state index contributed by atoms with van der Waals surface area (Å²) in [7, 11) is 0. The number of halogens is 3. The molecule has 0 aliphatic carbocycles. The number of rotatable bonds is 7. The van der Waals surface area contributed by atoms with Gasteiger partial charge in [0.1, 0.15) is 5.75 Å². The predicted octanol–water partition coefficient (Wildman–Crippen LogP) is 4.03. The third-order valence-corrected chi connectivity index (χ3v) is 5.29. The van der Waals surface area contributed by atoms with E-state index in [-0.39, 0.29) is 30.7 Å². The Morgan fingerprint density at radius 3 is 2.26 bits per heavy atom. The summed E-state index contributed by atoms with van der Waals surface area (Å²) in [6.07, 6.45) is -2.98. The molecular formula is C23H25F3N2O3. The number of alkyl halides is 3. The van der Waals surface area contributed by atoms with Crippen molar-refractivity contribution >= 4 is 11.8 Å². The summed E-state index contributed by atoms with van der Waals surface area (Å²) >= 11 is 0. The highest BCUT2D eigenvalue weighted by Crippen LogP contribution is 2.29. The number of piperidine rings is 1. The van der Waals surface area contributed by atoms with Crippen molar-refractivity contribution in [3.8, 4) is 5.75 Å². The van der Waals surface area contributed by atoms with Gasteiger partial charge in [-0.3, -0.25) is 9.59 Å². The number of para-hydroxylation sites is 1. The number of amides is 2. The van der Waals surface area contributed by atoms with Crippen LogP contribution in [0.4, 0.5) is 13.2 Å². The van der Waals surface area contributed by atoms with E-state index in [1.54, 1.807) is 4.90 Å². The number of hydrogen-bond acceptors (Lipinski definition) is 3. The molecule has 0 unspecified atom stereocenters. The summed E-state index contributed by atoms with van der Waals surface area (Å²) in [6, 6.07) is 14.0. The number of likely N-dealkylation sites (tertiary alicyclic amines) is 1. The average Bonchev–Trinajstić information content (AvgIpc) is 2.78. The van der Waals surface area contributed by atoms with Crippen molar-refractivity contribution in [1.82, 2.24) is 10.2 Å². The summed E-state index contributed by atoms with van der Waals surface area (Å²) in [5, 5.41) is 2.78. The molecule has 166 valence electrons. The third-order valence-electron chi connectivity index (χ3n) is 5.29. The summed E-state index contributed by atoms with van der Waals surface area (Å²) in [5.41, 5.74) is -0.110. The highest BCUT2D eigenvalue weighted by atomic mass is 19.4. The van der Waals surface area contributed by atoms with Crippen LogP contribution in [0.25, 0.3) is 0 Å². The normalized spacial score (nSPS) is 14.9. The Morgan fingerprint density at radius 1 is 1.00 bits per heavy atom.